The molecule has 41 heavy (non-hydrogen) atoms. The van der Waals surface area contributed by atoms with Crippen molar-refractivity contribution >= 4 is 5.91 Å². The van der Waals surface area contributed by atoms with Crippen molar-refractivity contribution in [2.45, 2.75) is 111 Å². The predicted octanol–water partition coefficient (Wildman–Crippen LogP) is -9.25. The molecule has 19 nitrogen and oxygen atoms in total. The van der Waals surface area contributed by atoms with Gasteiger partial charge < -0.3 is 93.5 Å². The molecule has 2 saturated heterocycles. The van der Waals surface area contributed by atoms with Crippen molar-refractivity contribution < 1.29 is 70.1 Å². The Hall–Kier alpha value is -1.21. The second-order valence-electron chi connectivity index (χ2n) is 10.3. The van der Waals surface area contributed by atoms with Gasteiger partial charge in [0.25, 0.3) is 0 Å². The Kier molecular flexibility index (Phi) is 13.6. The van der Waals surface area contributed by atoms with E-state index in [1.807, 2.05) is 0 Å². The zero-order valence-electron chi connectivity index (χ0n) is 22.2. The zero-order chi connectivity index (χ0) is 29.9. The first-order chi connectivity index (χ1) is 18.9. The quantitative estimate of drug-likeness (QED) is 0.110. The topological polar surface area (TPSA) is 363 Å². The molecule has 2 heterocycles. The van der Waals surface area contributed by atoms with Gasteiger partial charge in [0.05, 0.1) is 18.7 Å². The lowest BCUT2D eigenvalue weighted by Gasteiger charge is -2.49. The van der Waals surface area contributed by atoms with E-state index in [2.05, 4.69) is 5.32 Å². The number of hydrogen-bond donors (Lipinski definition) is 13. The van der Waals surface area contributed by atoms with Crippen LogP contribution >= 0.6 is 0 Å². The Labute approximate surface area is 235 Å². The van der Waals surface area contributed by atoms with Crippen LogP contribution in [-0.2, 0) is 23.7 Å². The minimum Gasteiger partial charge on any atom is -0.412 e. The highest BCUT2D eigenvalue weighted by Gasteiger charge is 2.52. The first-order valence-electron chi connectivity index (χ1n) is 13.1. The summed E-state index contributed by atoms with van der Waals surface area (Å²) in [6.07, 6.45) is -19.8. The van der Waals surface area contributed by atoms with Gasteiger partial charge in [-0.3, -0.25) is 4.79 Å². The lowest BCUT2D eigenvalue weighted by atomic mass is 9.83. The molecular weight excluding hydrogens is 558 g/mol. The Bertz CT molecular complexity index is 817. The van der Waals surface area contributed by atoms with Crippen LogP contribution in [0.1, 0.15) is 12.8 Å². The van der Waals surface area contributed by atoms with E-state index in [1.165, 1.54) is 0 Å². The van der Waals surface area contributed by atoms with Crippen LogP contribution in [0.5, 0.6) is 0 Å². The first kappa shape index (κ1) is 36.0. The van der Waals surface area contributed by atoms with Crippen molar-refractivity contribution in [1.29, 1.82) is 0 Å². The Balaban J connectivity index is 0.00000588. The number of hydrogen-bond acceptors (Lipinski definition) is 17. The van der Waals surface area contributed by atoms with Gasteiger partial charge in [0.15, 0.2) is 12.6 Å². The zero-order valence-corrected chi connectivity index (χ0v) is 22.2. The molecule has 0 aromatic rings. The van der Waals surface area contributed by atoms with Crippen molar-refractivity contribution in [3.63, 3.8) is 0 Å². The fourth-order valence-corrected chi connectivity index (χ4v) is 5.07. The highest BCUT2D eigenvalue weighted by molar-refractivity contribution is 5.80. The minimum absolute atomic E-state index is 0. The van der Waals surface area contributed by atoms with Crippen LogP contribution in [0.4, 0.5) is 0 Å². The number of nitrogens with one attached hydrogen (secondary N) is 1. The van der Waals surface area contributed by atoms with Crippen molar-refractivity contribution in [2.24, 2.45) is 22.9 Å². The number of aliphatic hydroxyl groups is 8. The molecule has 0 spiro atoms. The average Bonchev–Trinajstić information content (AvgIpc) is 2.92. The van der Waals surface area contributed by atoms with Gasteiger partial charge in [-0.05, 0) is 19.4 Å². The summed E-state index contributed by atoms with van der Waals surface area (Å²) < 4.78 is 22.5. The molecule has 0 aromatic heterocycles. The summed E-state index contributed by atoms with van der Waals surface area (Å²) in [6.45, 7) is -0.898. The van der Waals surface area contributed by atoms with Gasteiger partial charge in [-0.25, -0.2) is 0 Å². The third-order valence-corrected chi connectivity index (χ3v) is 7.51. The van der Waals surface area contributed by atoms with Crippen LogP contribution in [0.15, 0.2) is 0 Å². The van der Waals surface area contributed by atoms with E-state index in [9.17, 15) is 45.6 Å². The van der Waals surface area contributed by atoms with Gasteiger partial charge in [-0.15, -0.1) is 0 Å². The second-order valence-corrected chi connectivity index (χ2v) is 10.3. The summed E-state index contributed by atoms with van der Waals surface area (Å²) in [5.74, 6) is -0.845. The van der Waals surface area contributed by atoms with Crippen LogP contribution in [0.3, 0.4) is 0 Å². The van der Waals surface area contributed by atoms with Gasteiger partial charge in [-0.2, -0.15) is 0 Å². The van der Waals surface area contributed by atoms with Gasteiger partial charge in [0.1, 0.15) is 67.1 Å². The fourth-order valence-electron chi connectivity index (χ4n) is 5.07. The van der Waals surface area contributed by atoms with Crippen LogP contribution in [-0.4, -0.2) is 170 Å². The summed E-state index contributed by atoms with van der Waals surface area (Å²) in [7, 11) is 0. The van der Waals surface area contributed by atoms with Gasteiger partial charge in [0.2, 0.25) is 5.91 Å². The summed E-state index contributed by atoms with van der Waals surface area (Å²) in [5.41, 5.74) is 23.1. The van der Waals surface area contributed by atoms with Crippen LogP contribution in [0.25, 0.3) is 0 Å². The lowest BCUT2D eigenvalue weighted by Crippen LogP contribution is -2.69. The van der Waals surface area contributed by atoms with E-state index in [0.29, 0.717) is 0 Å². The molecule has 1 aliphatic carbocycles. The standard InChI is InChI=1S/C22H43N5O13.H2O/c23-2-1-8(29)20(36)27-7-3-6(25)18(39-22-16(34)15(33)13(31)9(4-24)37-22)17(35)19(7)40-21-14(32)11(26)12(30)10(5-28)38-21;/h6-19,21-22,28-35H,1-5,23-26H2,(H,27,36);1H2/t6-,7+,8-,9+,10+,11-,12+,13+,14+,15-,16+,17-,18+,19+,21?,22?;/m0./s1. The lowest BCUT2D eigenvalue weighted by molar-refractivity contribution is -0.332. The molecule has 3 aliphatic rings. The maximum Gasteiger partial charge on any atom is 0.249 e. The molecule has 242 valence electrons. The smallest absolute Gasteiger partial charge is 0.249 e. The maximum atomic E-state index is 12.6. The van der Waals surface area contributed by atoms with Crippen molar-refractivity contribution in [1.82, 2.24) is 5.32 Å². The first-order valence-corrected chi connectivity index (χ1v) is 13.1. The molecule has 0 aromatic carbocycles. The van der Waals surface area contributed by atoms with E-state index in [-0.39, 0.29) is 31.4 Å². The SMILES string of the molecule is NCC[C@H](O)C(=O)N[C@@H]1C[C@H](N)[C@@H](OC2O[C@H](CN)[C@@H](O)[C@H](O)[C@H]2O)[C@H](O)[C@@H]1OC1O[C@H](CO)[C@@H](O)[C@H](N)[C@H]1O.O. The van der Waals surface area contributed by atoms with E-state index in [1.54, 1.807) is 0 Å². The number of amides is 1. The number of aliphatic hydroxyl groups excluding tert-OH is 8. The van der Waals surface area contributed by atoms with E-state index >= 15 is 0 Å². The van der Waals surface area contributed by atoms with E-state index in [0.717, 1.165) is 0 Å². The maximum absolute atomic E-state index is 12.6. The Morgan fingerprint density at radius 1 is 0.854 bits per heavy atom. The fraction of sp³-hybridized carbons (Fsp3) is 0.955. The number of carbonyl (C=O) groups excluding carboxylic acids is 1. The molecule has 1 amide bonds. The molecule has 1 saturated carbocycles. The number of carbonyl (C=O) groups is 1. The molecular formula is C22H45N5O14. The molecule has 19 heteroatoms. The summed E-state index contributed by atoms with van der Waals surface area (Å²) in [5, 5.41) is 84.9. The molecule has 0 bridgehead atoms. The molecule has 2 unspecified atom stereocenters. The highest BCUT2D eigenvalue weighted by atomic mass is 16.7. The molecule has 16 atom stereocenters. The summed E-state index contributed by atoms with van der Waals surface area (Å²) in [4.78, 5) is 12.6. The summed E-state index contributed by atoms with van der Waals surface area (Å²) >= 11 is 0. The van der Waals surface area contributed by atoms with Crippen molar-refractivity contribution in [3.8, 4) is 0 Å². The second kappa shape index (κ2) is 15.5. The molecule has 3 rings (SSSR count). The Morgan fingerprint density at radius 3 is 2.02 bits per heavy atom. The predicted molar refractivity (Wildman–Crippen MR) is 135 cm³/mol. The van der Waals surface area contributed by atoms with Crippen LogP contribution in [0.2, 0.25) is 0 Å². The monoisotopic (exact) mass is 603 g/mol. The molecule has 0 radical (unpaired) electrons. The molecule has 2 aliphatic heterocycles. The van der Waals surface area contributed by atoms with Gasteiger partial charge in [-0.1, -0.05) is 0 Å². The number of rotatable bonds is 10. The normalized spacial score (nSPS) is 45.9. The van der Waals surface area contributed by atoms with Crippen molar-refractivity contribution in [3.05, 3.63) is 0 Å². The van der Waals surface area contributed by atoms with Crippen LogP contribution in [0, 0.1) is 0 Å². The minimum atomic E-state index is -1.76. The van der Waals surface area contributed by atoms with Gasteiger partial charge in [0, 0.05) is 12.6 Å². The highest BCUT2D eigenvalue weighted by Crippen LogP contribution is 2.32. The largest absolute Gasteiger partial charge is 0.412 e. The Morgan fingerprint density at radius 2 is 1.44 bits per heavy atom. The van der Waals surface area contributed by atoms with E-state index in [4.69, 9.17) is 41.9 Å². The average molecular weight is 604 g/mol. The van der Waals surface area contributed by atoms with Crippen LogP contribution < -0.4 is 28.3 Å². The van der Waals surface area contributed by atoms with E-state index < -0.39 is 110 Å². The molecule has 3 fully saturated rings. The summed E-state index contributed by atoms with van der Waals surface area (Å²) in [6, 6.07) is -3.45. The third kappa shape index (κ3) is 7.85. The number of ether oxygens (including phenoxy) is 4. The van der Waals surface area contributed by atoms with Gasteiger partial charge >= 0.3 is 0 Å². The third-order valence-electron chi connectivity index (χ3n) is 7.51. The van der Waals surface area contributed by atoms with Crippen molar-refractivity contribution in [2.75, 3.05) is 19.7 Å². The number of nitrogens with two attached hydrogens (primary N) is 4. The molecule has 19 N–H and O–H groups in total.